The van der Waals surface area contributed by atoms with Crippen LogP contribution in [-0.2, 0) is 4.79 Å². The monoisotopic (exact) mass is 278 g/mol. The quantitative estimate of drug-likeness (QED) is 0.755. The molecule has 1 saturated heterocycles. The van der Waals surface area contributed by atoms with E-state index < -0.39 is 0 Å². The molecule has 3 rings (SSSR count). The largest absolute Gasteiger partial charge is 0.323 e. The number of nitrogens with zero attached hydrogens (tertiary/aromatic N) is 1. The first-order valence-corrected chi connectivity index (χ1v) is 8.78. The molecule has 0 radical (unpaired) electrons. The highest BCUT2D eigenvalue weighted by atomic mass is 16.2. The second kappa shape index (κ2) is 5.67. The van der Waals surface area contributed by atoms with Crippen molar-refractivity contribution in [2.75, 3.05) is 0 Å². The SMILES string of the molecule is CCCCCC(C)N1C(=O)C2(CC2)NC1C1CCCC1. The Kier molecular flexibility index (Phi) is 4.07. The average Bonchev–Trinajstić information content (AvgIpc) is 2.91. The summed E-state index contributed by atoms with van der Waals surface area (Å²) in [5, 5.41) is 3.73. The van der Waals surface area contributed by atoms with Crippen molar-refractivity contribution in [3.63, 3.8) is 0 Å². The van der Waals surface area contributed by atoms with Gasteiger partial charge in [-0.15, -0.1) is 0 Å². The van der Waals surface area contributed by atoms with Gasteiger partial charge in [0.1, 0.15) is 0 Å². The summed E-state index contributed by atoms with van der Waals surface area (Å²) in [5.74, 6) is 1.12. The van der Waals surface area contributed by atoms with Gasteiger partial charge < -0.3 is 4.90 Å². The Morgan fingerprint density at radius 3 is 2.60 bits per heavy atom. The maximum absolute atomic E-state index is 12.8. The number of rotatable bonds is 6. The van der Waals surface area contributed by atoms with Crippen LogP contribution in [0.2, 0.25) is 0 Å². The minimum absolute atomic E-state index is 0.133. The van der Waals surface area contributed by atoms with Crippen LogP contribution in [0.4, 0.5) is 0 Å². The molecule has 3 heteroatoms. The Morgan fingerprint density at radius 1 is 1.30 bits per heavy atom. The van der Waals surface area contributed by atoms with Gasteiger partial charge in [0, 0.05) is 6.04 Å². The fourth-order valence-corrected chi connectivity index (χ4v) is 4.19. The molecule has 1 heterocycles. The predicted molar refractivity (Wildman–Crippen MR) is 81.3 cm³/mol. The van der Waals surface area contributed by atoms with Gasteiger partial charge >= 0.3 is 0 Å². The van der Waals surface area contributed by atoms with Crippen molar-refractivity contribution < 1.29 is 4.79 Å². The summed E-state index contributed by atoms with van der Waals surface area (Å²) in [5.41, 5.74) is -0.133. The van der Waals surface area contributed by atoms with Crippen LogP contribution in [0.25, 0.3) is 0 Å². The van der Waals surface area contributed by atoms with Crippen LogP contribution in [-0.4, -0.2) is 28.6 Å². The molecule has 0 aromatic heterocycles. The lowest BCUT2D eigenvalue weighted by atomic mass is 10.0. The zero-order chi connectivity index (χ0) is 14.2. The number of carbonyl (C=O) groups is 1. The number of carbonyl (C=O) groups excluding carboxylic acids is 1. The van der Waals surface area contributed by atoms with E-state index in [4.69, 9.17) is 0 Å². The summed E-state index contributed by atoms with van der Waals surface area (Å²) in [6.07, 6.45) is 12.7. The summed E-state index contributed by atoms with van der Waals surface area (Å²) in [6.45, 7) is 4.51. The summed E-state index contributed by atoms with van der Waals surface area (Å²) in [6, 6.07) is 0.409. The lowest BCUT2D eigenvalue weighted by Crippen LogP contribution is -2.47. The molecular formula is C17H30N2O. The Labute approximate surface area is 123 Å². The molecule has 1 spiro atoms. The van der Waals surface area contributed by atoms with Gasteiger partial charge in [-0.1, -0.05) is 39.0 Å². The highest BCUT2D eigenvalue weighted by Gasteiger charge is 2.60. The first-order valence-electron chi connectivity index (χ1n) is 8.78. The molecule has 114 valence electrons. The molecular weight excluding hydrogens is 248 g/mol. The molecule has 0 aromatic rings. The molecule has 0 bridgehead atoms. The van der Waals surface area contributed by atoms with Crippen LogP contribution >= 0.6 is 0 Å². The van der Waals surface area contributed by atoms with E-state index in [-0.39, 0.29) is 5.54 Å². The van der Waals surface area contributed by atoms with Gasteiger partial charge in [-0.25, -0.2) is 0 Å². The minimum Gasteiger partial charge on any atom is -0.323 e. The fraction of sp³-hybridized carbons (Fsp3) is 0.941. The molecule has 0 aromatic carbocycles. The van der Waals surface area contributed by atoms with Crippen molar-refractivity contribution in [3.05, 3.63) is 0 Å². The molecule has 1 N–H and O–H groups in total. The van der Waals surface area contributed by atoms with Gasteiger partial charge in [0.2, 0.25) is 5.91 Å². The van der Waals surface area contributed by atoms with E-state index in [1.165, 1.54) is 51.4 Å². The highest BCUT2D eigenvalue weighted by Crippen LogP contribution is 2.46. The molecule has 1 aliphatic heterocycles. The number of amides is 1. The van der Waals surface area contributed by atoms with E-state index in [1.807, 2.05) is 0 Å². The second-order valence-corrected chi connectivity index (χ2v) is 7.27. The molecule has 20 heavy (non-hydrogen) atoms. The Morgan fingerprint density at radius 2 is 2.00 bits per heavy atom. The molecule has 2 unspecified atom stereocenters. The van der Waals surface area contributed by atoms with Crippen molar-refractivity contribution in [1.82, 2.24) is 10.2 Å². The average molecular weight is 278 g/mol. The third-order valence-corrected chi connectivity index (χ3v) is 5.66. The number of hydrogen-bond donors (Lipinski definition) is 1. The zero-order valence-electron chi connectivity index (χ0n) is 13.2. The summed E-state index contributed by atoms with van der Waals surface area (Å²) >= 11 is 0. The first kappa shape index (κ1) is 14.4. The van der Waals surface area contributed by atoms with Crippen LogP contribution in [0.3, 0.4) is 0 Å². The van der Waals surface area contributed by atoms with Crippen molar-refractivity contribution in [3.8, 4) is 0 Å². The molecule has 3 nitrogen and oxygen atoms in total. The van der Waals surface area contributed by atoms with Crippen molar-refractivity contribution in [2.24, 2.45) is 5.92 Å². The normalized spacial score (nSPS) is 30.4. The van der Waals surface area contributed by atoms with Crippen LogP contribution in [0.1, 0.15) is 78.1 Å². The number of unbranched alkanes of at least 4 members (excludes halogenated alkanes) is 2. The number of hydrogen-bond acceptors (Lipinski definition) is 2. The van der Waals surface area contributed by atoms with Gasteiger partial charge in [-0.2, -0.15) is 0 Å². The first-order chi connectivity index (χ1) is 9.68. The molecule has 3 aliphatic rings. The minimum atomic E-state index is -0.133. The number of nitrogens with one attached hydrogen (secondary N) is 1. The van der Waals surface area contributed by atoms with Crippen molar-refractivity contribution >= 4 is 5.91 Å². The Balaban J connectivity index is 1.68. The van der Waals surface area contributed by atoms with Gasteiger partial charge in [0.15, 0.2) is 0 Å². The maximum atomic E-state index is 12.8. The van der Waals surface area contributed by atoms with Gasteiger partial charge in [-0.3, -0.25) is 10.1 Å². The summed E-state index contributed by atoms with van der Waals surface area (Å²) in [4.78, 5) is 15.0. The predicted octanol–water partition coefficient (Wildman–Crippen LogP) is 3.44. The van der Waals surface area contributed by atoms with Crippen LogP contribution in [0.15, 0.2) is 0 Å². The van der Waals surface area contributed by atoms with Gasteiger partial charge in [-0.05, 0) is 44.9 Å². The fourth-order valence-electron chi connectivity index (χ4n) is 4.19. The van der Waals surface area contributed by atoms with Crippen LogP contribution in [0, 0.1) is 5.92 Å². The van der Waals surface area contributed by atoms with Gasteiger partial charge in [0.25, 0.3) is 0 Å². The van der Waals surface area contributed by atoms with E-state index in [0.717, 1.165) is 12.8 Å². The van der Waals surface area contributed by atoms with Gasteiger partial charge in [0.05, 0.1) is 11.7 Å². The van der Waals surface area contributed by atoms with E-state index in [2.05, 4.69) is 24.1 Å². The lowest BCUT2D eigenvalue weighted by molar-refractivity contribution is -0.133. The summed E-state index contributed by atoms with van der Waals surface area (Å²) in [7, 11) is 0. The summed E-state index contributed by atoms with van der Waals surface area (Å²) < 4.78 is 0. The van der Waals surface area contributed by atoms with E-state index in [1.54, 1.807) is 0 Å². The topological polar surface area (TPSA) is 32.3 Å². The highest BCUT2D eigenvalue weighted by molar-refractivity contribution is 5.92. The maximum Gasteiger partial charge on any atom is 0.244 e. The van der Waals surface area contributed by atoms with Crippen LogP contribution < -0.4 is 5.32 Å². The second-order valence-electron chi connectivity index (χ2n) is 7.27. The van der Waals surface area contributed by atoms with Crippen LogP contribution in [0.5, 0.6) is 0 Å². The third-order valence-electron chi connectivity index (χ3n) is 5.66. The van der Waals surface area contributed by atoms with E-state index in [9.17, 15) is 4.79 Å². The molecule has 2 aliphatic carbocycles. The van der Waals surface area contributed by atoms with E-state index in [0.29, 0.717) is 24.0 Å². The zero-order valence-corrected chi connectivity index (χ0v) is 13.2. The van der Waals surface area contributed by atoms with E-state index >= 15 is 0 Å². The molecule has 2 saturated carbocycles. The molecule has 3 fully saturated rings. The molecule has 1 amide bonds. The Hall–Kier alpha value is -0.570. The third kappa shape index (κ3) is 2.49. The molecule has 2 atom stereocenters. The van der Waals surface area contributed by atoms with Crippen molar-refractivity contribution in [2.45, 2.75) is 95.8 Å². The smallest absolute Gasteiger partial charge is 0.244 e. The lowest BCUT2D eigenvalue weighted by Gasteiger charge is -2.34. The van der Waals surface area contributed by atoms with Crippen molar-refractivity contribution in [1.29, 1.82) is 0 Å². The Bertz CT molecular complexity index is 358. The standard InChI is InChI=1S/C17H30N2O/c1-3-4-5-8-13(2)19-15(14-9-6-7-10-14)18-17(11-12-17)16(19)20/h13-15,18H,3-12H2,1-2H3.